The maximum Gasteiger partial charge on any atom is 0.267 e. The summed E-state index contributed by atoms with van der Waals surface area (Å²) in [5.41, 5.74) is -0.0548. The van der Waals surface area contributed by atoms with E-state index in [1.165, 1.54) is 0 Å². The van der Waals surface area contributed by atoms with Crippen LogP contribution in [0.4, 0.5) is 0 Å². The molecule has 2 N–H and O–H groups in total. The maximum atomic E-state index is 12.1. The predicted octanol–water partition coefficient (Wildman–Crippen LogP) is 2.99. The molecule has 0 bridgehead atoms. The maximum absolute atomic E-state index is 12.1. The molecule has 5 nitrogen and oxygen atoms in total. The Labute approximate surface area is 143 Å². The van der Waals surface area contributed by atoms with Crippen LogP contribution in [-0.4, -0.2) is 24.0 Å². The second kappa shape index (κ2) is 7.19. The van der Waals surface area contributed by atoms with Crippen LogP contribution in [0.2, 0.25) is 5.02 Å². The lowest BCUT2D eigenvalue weighted by molar-refractivity contribution is 0.0942. The summed E-state index contributed by atoms with van der Waals surface area (Å²) in [6, 6.07) is 15.8. The largest absolute Gasteiger partial charge is 0.492 e. The van der Waals surface area contributed by atoms with E-state index >= 15 is 0 Å². The molecule has 0 saturated carbocycles. The number of nitrogens with one attached hydrogen (secondary N) is 2. The number of hydrogen-bond acceptors (Lipinski definition) is 3. The zero-order chi connectivity index (χ0) is 16.9. The molecule has 1 aromatic heterocycles. The van der Waals surface area contributed by atoms with Crippen LogP contribution < -0.4 is 15.6 Å². The summed E-state index contributed by atoms with van der Waals surface area (Å²) < 4.78 is 5.50. The molecule has 3 aromatic rings. The van der Waals surface area contributed by atoms with Gasteiger partial charge in [-0.1, -0.05) is 29.8 Å². The number of carbonyl (C=O) groups excluding carboxylic acids is 1. The average Bonchev–Trinajstić information content (AvgIpc) is 2.60. The zero-order valence-corrected chi connectivity index (χ0v) is 13.5. The minimum Gasteiger partial charge on any atom is -0.492 e. The van der Waals surface area contributed by atoms with E-state index in [2.05, 4.69) is 10.3 Å². The van der Waals surface area contributed by atoms with Gasteiger partial charge in [0, 0.05) is 10.4 Å². The quantitative estimate of drug-likeness (QED) is 0.700. The summed E-state index contributed by atoms with van der Waals surface area (Å²) in [4.78, 5) is 26.7. The molecule has 3 rings (SSSR count). The van der Waals surface area contributed by atoms with Crippen molar-refractivity contribution in [3.8, 4) is 5.75 Å². The lowest BCUT2D eigenvalue weighted by Gasteiger charge is -2.08. The van der Waals surface area contributed by atoms with E-state index < -0.39 is 0 Å². The van der Waals surface area contributed by atoms with Gasteiger partial charge in [-0.15, -0.1) is 0 Å². The molecule has 24 heavy (non-hydrogen) atoms. The highest BCUT2D eigenvalue weighted by Crippen LogP contribution is 2.15. The number of amides is 1. The molecule has 1 heterocycles. The van der Waals surface area contributed by atoms with Crippen LogP contribution in [0.3, 0.4) is 0 Å². The number of aromatic amines is 1. The van der Waals surface area contributed by atoms with Gasteiger partial charge in [0.15, 0.2) is 0 Å². The Kier molecular flexibility index (Phi) is 4.82. The number of rotatable bonds is 5. The van der Waals surface area contributed by atoms with Gasteiger partial charge in [-0.05, 0) is 41.8 Å². The van der Waals surface area contributed by atoms with Gasteiger partial charge in [0.2, 0.25) is 0 Å². The lowest BCUT2D eigenvalue weighted by atomic mass is 10.1. The first-order chi connectivity index (χ1) is 11.6. The highest BCUT2D eigenvalue weighted by atomic mass is 35.5. The number of hydrogen-bond donors (Lipinski definition) is 2. The van der Waals surface area contributed by atoms with Crippen LogP contribution in [0.5, 0.6) is 5.75 Å². The van der Waals surface area contributed by atoms with E-state index in [9.17, 15) is 9.59 Å². The van der Waals surface area contributed by atoms with Crippen molar-refractivity contribution in [3.63, 3.8) is 0 Å². The Balaban J connectivity index is 1.59. The van der Waals surface area contributed by atoms with E-state index in [4.69, 9.17) is 16.3 Å². The number of pyridine rings is 1. The topological polar surface area (TPSA) is 71.2 Å². The van der Waals surface area contributed by atoms with Gasteiger partial charge in [-0.25, -0.2) is 0 Å². The summed E-state index contributed by atoms with van der Waals surface area (Å²) in [5, 5.41) is 4.63. The molecule has 0 spiro atoms. The summed E-state index contributed by atoms with van der Waals surface area (Å²) >= 11 is 5.80. The van der Waals surface area contributed by atoms with Crippen molar-refractivity contribution in [3.05, 3.63) is 75.7 Å². The average molecular weight is 343 g/mol. The molecule has 0 aliphatic carbocycles. The van der Waals surface area contributed by atoms with E-state index in [-0.39, 0.29) is 17.2 Å². The molecule has 0 radical (unpaired) electrons. The third kappa shape index (κ3) is 3.75. The molecule has 0 aliphatic heterocycles. The Morgan fingerprint density at radius 1 is 1.12 bits per heavy atom. The molecule has 0 unspecified atom stereocenters. The van der Waals surface area contributed by atoms with Crippen LogP contribution in [0.1, 0.15) is 10.5 Å². The number of aromatic nitrogens is 1. The fourth-order valence-electron chi connectivity index (χ4n) is 2.29. The first-order valence-electron chi connectivity index (χ1n) is 7.42. The molecule has 0 aliphatic rings. The molecule has 122 valence electrons. The number of ether oxygens (including phenoxy) is 1. The molecular weight excluding hydrogens is 328 g/mol. The minimum atomic E-state index is -0.349. The second-order valence-corrected chi connectivity index (χ2v) is 5.59. The third-order valence-corrected chi connectivity index (χ3v) is 3.72. The molecule has 0 saturated heterocycles. The van der Waals surface area contributed by atoms with Crippen LogP contribution >= 0.6 is 11.6 Å². The number of halogens is 1. The van der Waals surface area contributed by atoms with Gasteiger partial charge in [0.1, 0.15) is 18.1 Å². The van der Waals surface area contributed by atoms with Crippen molar-refractivity contribution in [2.45, 2.75) is 0 Å². The number of benzene rings is 2. The number of carbonyl (C=O) groups is 1. The Bertz CT molecular complexity index is 919. The molecule has 0 atom stereocenters. The Morgan fingerprint density at radius 3 is 2.67 bits per heavy atom. The van der Waals surface area contributed by atoms with Crippen molar-refractivity contribution >= 4 is 28.3 Å². The van der Waals surface area contributed by atoms with E-state index in [0.29, 0.717) is 29.3 Å². The van der Waals surface area contributed by atoms with Gasteiger partial charge in [-0.3, -0.25) is 9.59 Å². The van der Waals surface area contributed by atoms with E-state index in [1.807, 2.05) is 6.07 Å². The van der Waals surface area contributed by atoms with Gasteiger partial charge in [0.05, 0.1) is 6.54 Å². The number of H-pyrrole nitrogens is 1. The van der Waals surface area contributed by atoms with Crippen molar-refractivity contribution in [2.75, 3.05) is 13.2 Å². The van der Waals surface area contributed by atoms with Crippen LogP contribution in [0, 0.1) is 0 Å². The summed E-state index contributed by atoms with van der Waals surface area (Å²) in [6.45, 7) is 0.626. The Hall–Kier alpha value is -2.79. The van der Waals surface area contributed by atoms with E-state index in [0.717, 1.165) is 5.39 Å². The van der Waals surface area contributed by atoms with Crippen LogP contribution in [-0.2, 0) is 0 Å². The molecule has 0 fully saturated rings. The Morgan fingerprint density at radius 2 is 1.88 bits per heavy atom. The standard InChI is InChI=1S/C18H15ClN2O3/c19-13-5-7-14(8-6-13)24-10-9-20-18(23)16-11-12-3-1-2-4-15(12)17(22)21-16/h1-8,11H,9-10H2,(H,20,23)(H,21,22). The van der Waals surface area contributed by atoms with Gasteiger partial charge < -0.3 is 15.0 Å². The first kappa shape index (κ1) is 16.1. The van der Waals surface area contributed by atoms with Crippen LogP contribution in [0.25, 0.3) is 10.8 Å². The van der Waals surface area contributed by atoms with E-state index in [1.54, 1.807) is 48.5 Å². The molecule has 6 heteroatoms. The number of fused-ring (bicyclic) bond motifs is 1. The smallest absolute Gasteiger partial charge is 0.267 e. The molecule has 2 aromatic carbocycles. The van der Waals surface area contributed by atoms with Gasteiger partial charge in [0.25, 0.3) is 11.5 Å². The summed E-state index contributed by atoms with van der Waals surface area (Å²) in [7, 11) is 0. The third-order valence-electron chi connectivity index (χ3n) is 3.47. The molecular formula is C18H15ClN2O3. The lowest BCUT2D eigenvalue weighted by Crippen LogP contribution is -2.30. The van der Waals surface area contributed by atoms with Crippen molar-refractivity contribution < 1.29 is 9.53 Å². The van der Waals surface area contributed by atoms with Gasteiger partial charge >= 0.3 is 0 Å². The van der Waals surface area contributed by atoms with Crippen molar-refractivity contribution in [2.24, 2.45) is 0 Å². The second-order valence-electron chi connectivity index (χ2n) is 5.16. The fraction of sp³-hybridized carbons (Fsp3) is 0.111. The normalized spacial score (nSPS) is 10.5. The molecule has 1 amide bonds. The highest BCUT2D eigenvalue weighted by molar-refractivity contribution is 6.30. The SMILES string of the molecule is O=C(NCCOc1ccc(Cl)cc1)c1cc2ccccc2c(=O)[nH]1. The minimum absolute atomic E-state index is 0.227. The highest BCUT2D eigenvalue weighted by Gasteiger charge is 2.08. The monoisotopic (exact) mass is 342 g/mol. The van der Waals surface area contributed by atoms with Gasteiger partial charge in [-0.2, -0.15) is 0 Å². The summed E-state index contributed by atoms with van der Waals surface area (Å²) in [6.07, 6.45) is 0. The van der Waals surface area contributed by atoms with Crippen molar-refractivity contribution in [1.82, 2.24) is 10.3 Å². The van der Waals surface area contributed by atoms with Crippen molar-refractivity contribution in [1.29, 1.82) is 0 Å². The fourth-order valence-corrected chi connectivity index (χ4v) is 2.42. The zero-order valence-electron chi connectivity index (χ0n) is 12.7. The predicted molar refractivity (Wildman–Crippen MR) is 93.8 cm³/mol. The van der Waals surface area contributed by atoms with Crippen LogP contribution in [0.15, 0.2) is 59.4 Å². The first-order valence-corrected chi connectivity index (χ1v) is 7.80. The summed E-state index contributed by atoms with van der Waals surface area (Å²) in [5.74, 6) is 0.324.